The first-order valence-electron chi connectivity index (χ1n) is 7.38. The van der Waals surface area contributed by atoms with E-state index in [0.717, 1.165) is 30.9 Å². The van der Waals surface area contributed by atoms with Gasteiger partial charge in [-0.15, -0.1) is 0 Å². The van der Waals surface area contributed by atoms with Crippen LogP contribution in [0, 0.1) is 22.7 Å². The van der Waals surface area contributed by atoms with Gasteiger partial charge in [0, 0.05) is 19.6 Å². The van der Waals surface area contributed by atoms with Gasteiger partial charge >= 0.3 is 0 Å². The number of nitrogens with zero attached hydrogens (tertiary/aromatic N) is 2. The summed E-state index contributed by atoms with van der Waals surface area (Å²) >= 11 is 0. The second-order valence-corrected chi connectivity index (χ2v) is 6.79. The van der Waals surface area contributed by atoms with E-state index in [0.29, 0.717) is 11.3 Å². The molecule has 0 aliphatic carbocycles. The van der Waals surface area contributed by atoms with Gasteiger partial charge in [-0.1, -0.05) is 26.8 Å². The molecule has 20 heavy (non-hydrogen) atoms. The maximum Gasteiger partial charge on any atom is 0.101 e. The van der Waals surface area contributed by atoms with E-state index in [-0.39, 0.29) is 0 Å². The summed E-state index contributed by atoms with van der Waals surface area (Å²) in [5.41, 5.74) is 3.40. The first-order chi connectivity index (χ1) is 9.45. The van der Waals surface area contributed by atoms with Crippen molar-refractivity contribution < 1.29 is 0 Å². The van der Waals surface area contributed by atoms with Crippen LogP contribution in [0.15, 0.2) is 18.2 Å². The Labute approximate surface area is 122 Å². The molecular formula is C17H25N3. The number of benzene rings is 1. The summed E-state index contributed by atoms with van der Waals surface area (Å²) in [4.78, 5) is 2.37. The van der Waals surface area contributed by atoms with Crippen molar-refractivity contribution >= 4 is 5.69 Å². The highest BCUT2D eigenvalue weighted by Gasteiger charge is 2.32. The Kier molecular flexibility index (Phi) is 4.35. The third-order valence-corrected chi connectivity index (χ3v) is 4.32. The molecular weight excluding hydrogens is 246 g/mol. The van der Waals surface area contributed by atoms with Crippen molar-refractivity contribution in [2.45, 2.75) is 33.7 Å². The van der Waals surface area contributed by atoms with Crippen molar-refractivity contribution in [1.29, 1.82) is 5.26 Å². The Morgan fingerprint density at radius 2 is 2.15 bits per heavy atom. The molecule has 1 aromatic rings. The summed E-state index contributed by atoms with van der Waals surface area (Å²) in [5, 5.41) is 12.5. The topological polar surface area (TPSA) is 39.1 Å². The molecule has 0 radical (unpaired) electrons. The molecule has 1 saturated heterocycles. The first kappa shape index (κ1) is 14.9. The maximum absolute atomic E-state index is 9.40. The highest BCUT2D eigenvalue weighted by molar-refractivity contribution is 5.61. The zero-order valence-electron chi connectivity index (χ0n) is 13.0. The summed E-state index contributed by atoms with van der Waals surface area (Å²) in [6.45, 7) is 9.85. The van der Waals surface area contributed by atoms with Crippen LogP contribution >= 0.6 is 0 Å². The molecule has 1 fully saturated rings. The largest absolute Gasteiger partial charge is 0.370 e. The van der Waals surface area contributed by atoms with Gasteiger partial charge in [-0.25, -0.2) is 0 Å². The van der Waals surface area contributed by atoms with Gasteiger partial charge in [0.25, 0.3) is 0 Å². The van der Waals surface area contributed by atoms with Crippen molar-refractivity contribution in [3.8, 4) is 6.07 Å². The third kappa shape index (κ3) is 3.13. The van der Waals surface area contributed by atoms with Crippen LogP contribution < -0.4 is 10.2 Å². The smallest absolute Gasteiger partial charge is 0.101 e. The second-order valence-electron chi connectivity index (χ2n) is 6.79. The Morgan fingerprint density at radius 1 is 1.40 bits per heavy atom. The molecule has 0 bridgehead atoms. The fourth-order valence-electron chi connectivity index (χ4n) is 2.95. The predicted octanol–water partition coefficient (Wildman–Crippen LogP) is 3.15. The number of rotatable bonds is 3. The standard InChI is InChI=1S/C17H25N3/c1-17(2,3)15-7-8-20(12-15)16-6-5-13(11-19-4)9-14(16)10-18/h5-6,9,15,19H,7-8,11-12H2,1-4H3. The summed E-state index contributed by atoms with van der Waals surface area (Å²) in [6, 6.07) is 8.60. The molecule has 3 heteroatoms. The van der Waals surface area contributed by atoms with Crippen LogP contribution in [0.4, 0.5) is 5.69 Å². The highest BCUT2D eigenvalue weighted by Crippen LogP contribution is 2.36. The van der Waals surface area contributed by atoms with Crippen LogP contribution in [-0.4, -0.2) is 20.1 Å². The van der Waals surface area contributed by atoms with E-state index < -0.39 is 0 Å². The molecule has 0 saturated carbocycles. The van der Waals surface area contributed by atoms with E-state index in [2.05, 4.69) is 49.2 Å². The molecule has 1 unspecified atom stereocenters. The van der Waals surface area contributed by atoms with Crippen LogP contribution in [0.2, 0.25) is 0 Å². The lowest BCUT2D eigenvalue weighted by Gasteiger charge is -2.27. The normalized spacial score (nSPS) is 19.1. The summed E-state index contributed by atoms with van der Waals surface area (Å²) in [5.74, 6) is 0.700. The maximum atomic E-state index is 9.40. The van der Waals surface area contributed by atoms with E-state index in [9.17, 15) is 5.26 Å². The lowest BCUT2D eigenvalue weighted by atomic mass is 9.80. The first-order valence-corrected chi connectivity index (χ1v) is 7.38. The minimum atomic E-state index is 0.341. The molecule has 0 amide bonds. The monoisotopic (exact) mass is 271 g/mol. The quantitative estimate of drug-likeness (QED) is 0.918. The zero-order valence-corrected chi connectivity index (χ0v) is 13.0. The predicted molar refractivity (Wildman–Crippen MR) is 83.7 cm³/mol. The van der Waals surface area contributed by atoms with Gasteiger partial charge in [0.05, 0.1) is 11.3 Å². The molecule has 108 valence electrons. The van der Waals surface area contributed by atoms with Crippen LogP contribution in [0.5, 0.6) is 0 Å². The average Bonchev–Trinajstić information content (AvgIpc) is 2.88. The van der Waals surface area contributed by atoms with Crippen LogP contribution in [0.3, 0.4) is 0 Å². The average molecular weight is 271 g/mol. The van der Waals surface area contributed by atoms with Crippen LogP contribution in [0.1, 0.15) is 38.3 Å². The minimum Gasteiger partial charge on any atom is -0.370 e. The third-order valence-electron chi connectivity index (χ3n) is 4.32. The van der Waals surface area contributed by atoms with Gasteiger partial charge < -0.3 is 10.2 Å². The molecule has 1 aliphatic heterocycles. The molecule has 3 nitrogen and oxygen atoms in total. The SMILES string of the molecule is CNCc1ccc(N2CCC(C(C)(C)C)C2)c(C#N)c1. The molecule has 1 heterocycles. The number of hydrogen-bond donors (Lipinski definition) is 1. The van der Waals surface area contributed by atoms with Gasteiger partial charge in [-0.05, 0) is 42.5 Å². The highest BCUT2D eigenvalue weighted by atomic mass is 15.2. The number of nitriles is 1. The van der Waals surface area contributed by atoms with Crippen molar-refractivity contribution in [2.24, 2.45) is 11.3 Å². The van der Waals surface area contributed by atoms with Gasteiger partial charge in [0.15, 0.2) is 0 Å². The van der Waals surface area contributed by atoms with Crippen molar-refractivity contribution in [3.05, 3.63) is 29.3 Å². The fourth-order valence-corrected chi connectivity index (χ4v) is 2.95. The fraction of sp³-hybridized carbons (Fsp3) is 0.588. The lowest BCUT2D eigenvalue weighted by molar-refractivity contribution is 0.263. The molecule has 1 N–H and O–H groups in total. The summed E-state index contributed by atoms with van der Waals surface area (Å²) in [7, 11) is 1.92. The second kappa shape index (κ2) is 5.85. The number of hydrogen-bond acceptors (Lipinski definition) is 3. The lowest BCUT2D eigenvalue weighted by Crippen LogP contribution is -2.26. The van der Waals surface area contributed by atoms with Gasteiger partial charge in [0.2, 0.25) is 0 Å². The van der Waals surface area contributed by atoms with Crippen molar-refractivity contribution in [1.82, 2.24) is 5.32 Å². The number of nitrogens with one attached hydrogen (secondary N) is 1. The van der Waals surface area contributed by atoms with Crippen molar-refractivity contribution in [2.75, 3.05) is 25.0 Å². The zero-order chi connectivity index (χ0) is 14.8. The van der Waals surface area contributed by atoms with Gasteiger partial charge in [-0.3, -0.25) is 0 Å². The van der Waals surface area contributed by atoms with Gasteiger partial charge in [-0.2, -0.15) is 5.26 Å². The Morgan fingerprint density at radius 3 is 2.70 bits per heavy atom. The molecule has 1 aliphatic rings. The Bertz CT molecular complexity index is 508. The van der Waals surface area contributed by atoms with Crippen LogP contribution in [0.25, 0.3) is 0 Å². The van der Waals surface area contributed by atoms with E-state index in [1.54, 1.807) is 0 Å². The Hall–Kier alpha value is -1.53. The molecule has 1 aromatic carbocycles. The molecule has 0 aromatic heterocycles. The van der Waals surface area contributed by atoms with Crippen molar-refractivity contribution in [3.63, 3.8) is 0 Å². The molecule has 2 rings (SSSR count). The summed E-state index contributed by atoms with van der Waals surface area (Å²) < 4.78 is 0. The van der Waals surface area contributed by atoms with Crippen LogP contribution in [-0.2, 0) is 6.54 Å². The molecule has 1 atom stereocenters. The van der Waals surface area contributed by atoms with E-state index in [1.807, 2.05) is 13.1 Å². The van der Waals surface area contributed by atoms with E-state index >= 15 is 0 Å². The molecule has 0 spiro atoms. The van der Waals surface area contributed by atoms with Gasteiger partial charge in [0.1, 0.15) is 6.07 Å². The van der Waals surface area contributed by atoms with E-state index in [1.165, 1.54) is 12.0 Å². The Balaban J connectivity index is 2.20. The van der Waals surface area contributed by atoms with E-state index in [4.69, 9.17) is 0 Å². The minimum absolute atomic E-state index is 0.341. The number of anilines is 1. The summed E-state index contributed by atoms with van der Waals surface area (Å²) in [6.07, 6.45) is 1.21.